The largest absolute Gasteiger partial charge is 0.481 e. The summed E-state index contributed by atoms with van der Waals surface area (Å²) < 4.78 is 0. The smallest absolute Gasteiger partial charge is 0.309 e. The highest BCUT2D eigenvalue weighted by Gasteiger charge is 2.51. The van der Waals surface area contributed by atoms with Gasteiger partial charge in [0, 0.05) is 0 Å². The zero-order valence-electron chi connectivity index (χ0n) is 7.83. The summed E-state index contributed by atoms with van der Waals surface area (Å²) in [6.07, 6.45) is 1.13. The highest BCUT2D eigenvalue weighted by molar-refractivity contribution is 5.80. The fourth-order valence-corrected chi connectivity index (χ4v) is 1.95. The summed E-state index contributed by atoms with van der Waals surface area (Å²) >= 11 is 0. The number of carboxylic acid groups (broad SMARTS) is 2. The molecule has 0 spiro atoms. The number of aliphatic carboxylic acids is 2. The van der Waals surface area contributed by atoms with Crippen LogP contribution in [0.1, 0.15) is 33.1 Å². The van der Waals surface area contributed by atoms with Crippen molar-refractivity contribution >= 4 is 11.9 Å². The van der Waals surface area contributed by atoms with Crippen LogP contribution in [0.4, 0.5) is 0 Å². The van der Waals surface area contributed by atoms with Gasteiger partial charge in [-0.05, 0) is 33.1 Å². The molecule has 1 fully saturated rings. The Morgan fingerprint density at radius 1 is 1.00 bits per heavy atom. The molecule has 1 saturated carbocycles. The second-order valence-corrected chi connectivity index (χ2v) is 4.41. The molecule has 74 valence electrons. The van der Waals surface area contributed by atoms with Gasteiger partial charge in [-0.1, -0.05) is 0 Å². The average Bonchev–Trinajstić information content (AvgIpc) is 2.30. The van der Waals surface area contributed by atoms with E-state index in [-0.39, 0.29) is 6.42 Å². The minimum Gasteiger partial charge on any atom is -0.481 e. The zero-order valence-corrected chi connectivity index (χ0v) is 7.83. The standard InChI is InChI=1S/C9H14O4/c1-8(6(10)11)3-4-9(2,5-8)7(12)13/h3-5H2,1-2H3,(H,10,11)(H,12,13)/t8-,9-/m1/s1. The van der Waals surface area contributed by atoms with Crippen LogP contribution >= 0.6 is 0 Å². The van der Waals surface area contributed by atoms with E-state index >= 15 is 0 Å². The van der Waals surface area contributed by atoms with E-state index < -0.39 is 22.8 Å². The maximum Gasteiger partial charge on any atom is 0.309 e. The van der Waals surface area contributed by atoms with E-state index in [0.717, 1.165) is 0 Å². The molecule has 0 unspecified atom stereocenters. The molecular formula is C9H14O4. The summed E-state index contributed by atoms with van der Waals surface area (Å²) in [4.78, 5) is 21.7. The van der Waals surface area contributed by atoms with E-state index in [1.165, 1.54) is 0 Å². The minimum absolute atomic E-state index is 0.227. The Labute approximate surface area is 76.6 Å². The maximum atomic E-state index is 10.8. The highest BCUT2D eigenvalue weighted by atomic mass is 16.4. The molecule has 0 radical (unpaired) electrons. The van der Waals surface area contributed by atoms with Crippen molar-refractivity contribution < 1.29 is 19.8 Å². The van der Waals surface area contributed by atoms with Gasteiger partial charge in [-0.25, -0.2) is 0 Å². The van der Waals surface area contributed by atoms with Crippen molar-refractivity contribution in [2.45, 2.75) is 33.1 Å². The molecule has 0 amide bonds. The molecule has 4 nitrogen and oxygen atoms in total. The normalized spacial score (nSPS) is 38.9. The Balaban J connectivity index is 2.85. The summed E-state index contributed by atoms with van der Waals surface area (Å²) in [5, 5.41) is 17.8. The summed E-state index contributed by atoms with van der Waals surface area (Å²) in [5.41, 5.74) is -1.71. The van der Waals surface area contributed by atoms with Crippen LogP contribution in [0.5, 0.6) is 0 Å². The van der Waals surface area contributed by atoms with Crippen LogP contribution in [0, 0.1) is 10.8 Å². The Morgan fingerprint density at radius 3 is 1.46 bits per heavy atom. The quantitative estimate of drug-likeness (QED) is 0.682. The first-order chi connectivity index (χ1) is 5.80. The van der Waals surface area contributed by atoms with Gasteiger partial charge >= 0.3 is 11.9 Å². The molecule has 4 heteroatoms. The molecule has 1 rings (SSSR count). The topological polar surface area (TPSA) is 74.6 Å². The van der Waals surface area contributed by atoms with Crippen LogP contribution in [-0.2, 0) is 9.59 Å². The lowest BCUT2D eigenvalue weighted by molar-refractivity contribution is -0.151. The van der Waals surface area contributed by atoms with E-state index in [0.29, 0.717) is 12.8 Å². The summed E-state index contributed by atoms with van der Waals surface area (Å²) in [6.45, 7) is 3.23. The van der Waals surface area contributed by atoms with Gasteiger partial charge in [0.05, 0.1) is 10.8 Å². The van der Waals surface area contributed by atoms with Crippen molar-refractivity contribution in [1.29, 1.82) is 0 Å². The molecule has 0 heterocycles. The first-order valence-electron chi connectivity index (χ1n) is 4.27. The maximum absolute atomic E-state index is 10.8. The molecule has 13 heavy (non-hydrogen) atoms. The zero-order chi connectivity index (χ0) is 10.3. The van der Waals surface area contributed by atoms with Gasteiger partial charge < -0.3 is 10.2 Å². The molecular weight excluding hydrogens is 172 g/mol. The van der Waals surface area contributed by atoms with Crippen molar-refractivity contribution in [3.63, 3.8) is 0 Å². The molecule has 0 saturated heterocycles. The molecule has 0 aromatic heterocycles. The van der Waals surface area contributed by atoms with Gasteiger partial charge in [0.1, 0.15) is 0 Å². The van der Waals surface area contributed by atoms with Crippen molar-refractivity contribution in [3.8, 4) is 0 Å². The lowest BCUT2D eigenvalue weighted by Crippen LogP contribution is -2.30. The van der Waals surface area contributed by atoms with Crippen LogP contribution < -0.4 is 0 Å². The fraction of sp³-hybridized carbons (Fsp3) is 0.778. The fourth-order valence-electron chi connectivity index (χ4n) is 1.95. The van der Waals surface area contributed by atoms with Crippen LogP contribution in [0.15, 0.2) is 0 Å². The Hall–Kier alpha value is -1.06. The van der Waals surface area contributed by atoms with Crippen LogP contribution in [0.25, 0.3) is 0 Å². The van der Waals surface area contributed by atoms with E-state index in [9.17, 15) is 9.59 Å². The predicted molar refractivity (Wildman–Crippen MR) is 45.3 cm³/mol. The summed E-state index contributed by atoms with van der Waals surface area (Å²) in [7, 11) is 0. The predicted octanol–water partition coefficient (Wildman–Crippen LogP) is 1.35. The van der Waals surface area contributed by atoms with Crippen LogP contribution in [-0.4, -0.2) is 22.2 Å². The number of rotatable bonds is 2. The van der Waals surface area contributed by atoms with E-state index in [1.54, 1.807) is 13.8 Å². The summed E-state index contributed by atoms with van der Waals surface area (Å²) in [5.74, 6) is -1.78. The van der Waals surface area contributed by atoms with Gasteiger partial charge in [0.25, 0.3) is 0 Å². The number of hydrogen-bond donors (Lipinski definition) is 2. The Bertz CT molecular complexity index is 234. The lowest BCUT2D eigenvalue weighted by Gasteiger charge is -2.21. The Kier molecular flexibility index (Phi) is 2.10. The van der Waals surface area contributed by atoms with Crippen molar-refractivity contribution in [3.05, 3.63) is 0 Å². The third kappa shape index (κ3) is 1.53. The number of carboxylic acids is 2. The van der Waals surface area contributed by atoms with E-state index in [1.807, 2.05) is 0 Å². The lowest BCUT2D eigenvalue weighted by atomic mass is 9.82. The third-order valence-corrected chi connectivity index (χ3v) is 3.04. The molecule has 0 bridgehead atoms. The number of carbonyl (C=O) groups is 2. The first kappa shape index (κ1) is 10.0. The van der Waals surface area contributed by atoms with Crippen LogP contribution in [0.2, 0.25) is 0 Å². The van der Waals surface area contributed by atoms with E-state index in [4.69, 9.17) is 10.2 Å². The molecule has 0 aliphatic heterocycles. The SMILES string of the molecule is C[C@@]1(C(=O)O)CC[C@@](C)(C(=O)O)C1. The Morgan fingerprint density at radius 2 is 1.31 bits per heavy atom. The van der Waals surface area contributed by atoms with Gasteiger partial charge in [-0.3, -0.25) is 9.59 Å². The van der Waals surface area contributed by atoms with Crippen molar-refractivity contribution in [2.75, 3.05) is 0 Å². The second kappa shape index (κ2) is 2.72. The minimum atomic E-state index is -0.891. The number of hydrogen-bond acceptors (Lipinski definition) is 2. The second-order valence-electron chi connectivity index (χ2n) is 4.41. The van der Waals surface area contributed by atoms with Crippen LogP contribution in [0.3, 0.4) is 0 Å². The van der Waals surface area contributed by atoms with Crippen molar-refractivity contribution in [1.82, 2.24) is 0 Å². The monoisotopic (exact) mass is 186 g/mol. The van der Waals surface area contributed by atoms with Gasteiger partial charge in [0.15, 0.2) is 0 Å². The highest BCUT2D eigenvalue weighted by Crippen LogP contribution is 2.49. The molecule has 2 N–H and O–H groups in total. The third-order valence-electron chi connectivity index (χ3n) is 3.04. The van der Waals surface area contributed by atoms with E-state index in [2.05, 4.69) is 0 Å². The van der Waals surface area contributed by atoms with Crippen molar-refractivity contribution in [2.24, 2.45) is 10.8 Å². The van der Waals surface area contributed by atoms with Gasteiger partial charge in [-0.15, -0.1) is 0 Å². The van der Waals surface area contributed by atoms with Gasteiger partial charge in [-0.2, -0.15) is 0 Å². The molecule has 0 aromatic carbocycles. The molecule has 2 atom stereocenters. The molecule has 0 aromatic rings. The molecule has 1 aliphatic rings. The van der Waals surface area contributed by atoms with Gasteiger partial charge in [0.2, 0.25) is 0 Å². The summed E-state index contributed by atoms with van der Waals surface area (Å²) in [6, 6.07) is 0. The average molecular weight is 186 g/mol. The first-order valence-corrected chi connectivity index (χ1v) is 4.27. The molecule has 1 aliphatic carbocycles.